The Morgan fingerprint density at radius 3 is 2.43 bits per heavy atom. The van der Waals surface area contributed by atoms with Gasteiger partial charge in [0.15, 0.2) is 11.6 Å². The van der Waals surface area contributed by atoms with Crippen molar-refractivity contribution in [3.05, 3.63) is 65.4 Å². The molecular formula is C21H19F2N3O2. The number of carbonyl (C=O) groups excluding carboxylic acids is 2. The van der Waals surface area contributed by atoms with Gasteiger partial charge in [0.05, 0.1) is 11.3 Å². The summed E-state index contributed by atoms with van der Waals surface area (Å²) in [6.45, 7) is 2.95. The summed E-state index contributed by atoms with van der Waals surface area (Å²) >= 11 is 0. The number of carbonyl (C=O) groups is 2. The lowest BCUT2D eigenvalue weighted by Crippen LogP contribution is -2.51. The van der Waals surface area contributed by atoms with Crippen molar-refractivity contribution in [2.45, 2.75) is 6.92 Å². The lowest BCUT2D eigenvalue weighted by atomic mass is 10.1. The number of H-pyrrole nitrogens is 1. The van der Waals surface area contributed by atoms with Crippen molar-refractivity contribution in [3.8, 4) is 0 Å². The molecule has 28 heavy (non-hydrogen) atoms. The number of anilines is 1. The normalized spacial score (nSPS) is 14.5. The van der Waals surface area contributed by atoms with E-state index in [1.807, 2.05) is 24.3 Å². The van der Waals surface area contributed by atoms with Crippen LogP contribution in [0.15, 0.2) is 42.5 Å². The van der Waals surface area contributed by atoms with E-state index in [9.17, 15) is 18.4 Å². The zero-order valence-corrected chi connectivity index (χ0v) is 15.3. The zero-order valence-electron chi connectivity index (χ0n) is 15.3. The van der Waals surface area contributed by atoms with E-state index in [4.69, 9.17) is 0 Å². The first-order valence-electron chi connectivity index (χ1n) is 9.07. The summed E-state index contributed by atoms with van der Waals surface area (Å²) in [5.74, 6) is -2.93. The maximum Gasteiger partial charge on any atom is 0.295 e. The fraction of sp³-hybridized carbons (Fsp3) is 0.238. The fourth-order valence-corrected chi connectivity index (χ4v) is 3.71. The van der Waals surface area contributed by atoms with Gasteiger partial charge in [-0.05, 0) is 25.1 Å². The number of aromatic amines is 1. The quantitative estimate of drug-likeness (QED) is 0.558. The molecule has 2 aromatic carbocycles. The number of hydrogen-bond acceptors (Lipinski definition) is 3. The number of nitrogens with one attached hydrogen (secondary N) is 1. The minimum absolute atomic E-state index is 0.172. The molecule has 1 aromatic heterocycles. The molecule has 1 aliphatic heterocycles. The topological polar surface area (TPSA) is 56.4 Å². The molecule has 144 valence electrons. The molecule has 0 spiro atoms. The molecule has 1 amide bonds. The van der Waals surface area contributed by atoms with E-state index < -0.39 is 23.3 Å². The Bertz CT molecular complexity index is 1070. The van der Waals surface area contributed by atoms with Crippen LogP contribution in [0.2, 0.25) is 0 Å². The van der Waals surface area contributed by atoms with E-state index in [0.29, 0.717) is 24.3 Å². The Labute approximate surface area is 160 Å². The van der Waals surface area contributed by atoms with Gasteiger partial charge in [-0.2, -0.15) is 0 Å². The Morgan fingerprint density at radius 1 is 0.964 bits per heavy atom. The summed E-state index contributed by atoms with van der Waals surface area (Å²) in [6.07, 6.45) is 0. The predicted molar refractivity (Wildman–Crippen MR) is 103 cm³/mol. The SMILES string of the molecule is Cc1[nH]c2ccccc2c1C(=O)C(=O)N1CCN(c2cccc(F)c2F)CC1. The highest BCUT2D eigenvalue weighted by atomic mass is 19.2. The standard InChI is InChI=1S/C21H19F2N3O2/c1-13-18(14-5-2-3-7-16(14)24-13)20(27)21(28)26-11-9-25(10-12-26)17-8-4-6-15(22)19(17)23/h2-8,24H,9-12H2,1H3. The van der Waals surface area contributed by atoms with Crippen molar-refractivity contribution in [2.75, 3.05) is 31.1 Å². The number of Topliss-reactive ketones (excluding diaryl/α,β-unsaturated/α-hetero) is 1. The van der Waals surface area contributed by atoms with Gasteiger partial charge in [-0.1, -0.05) is 24.3 Å². The van der Waals surface area contributed by atoms with Gasteiger partial charge in [-0.15, -0.1) is 0 Å². The second kappa shape index (κ2) is 7.07. The molecule has 4 rings (SSSR count). The third-order valence-corrected chi connectivity index (χ3v) is 5.15. The largest absolute Gasteiger partial charge is 0.366 e. The molecule has 5 nitrogen and oxygen atoms in total. The Kier molecular flexibility index (Phi) is 4.58. The molecule has 2 heterocycles. The Hall–Kier alpha value is -3.22. The summed E-state index contributed by atoms with van der Waals surface area (Å²) in [7, 11) is 0. The number of aromatic nitrogens is 1. The predicted octanol–water partition coefficient (Wildman–Crippen LogP) is 3.29. The van der Waals surface area contributed by atoms with Gasteiger partial charge in [0, 0.05) is 42.8 Å². The van der Waals surface area contributed by atoms with Crippen molar-refractivity contribution >= 4 is 28.3 Å². The van der Waals surface area contributed by atoms with Crippen LogP contribution in [0.4, 0.5) is 14.5 Å². The van der Waals surface area contributed by atoms with Gasteiger partial charge in [0.2, 0.25) is 0 Å². The van der Waals surface area contributed by atoms with Gasteiger partial charge in [-0.3, -0.25) is 9.59 Å². The third-order valence-electron chi connectivity index (χ3n) is 5.15. The minimum Gasteiger partial charge on any atom is -0.366 e. The molecule has 0 aliphatic carbocycles. The lowest BCUT2D eigenvalue weighted by molar-refractivity contribution is -0.126. The highest BCUT2D eigenvalue weighted by Crippen LogP contribution is 2.25. The van der Waals surface area contributed by atoms with E-state index in [1.165, 1.54) is 17.0 Å². The maximum absolute atomic E-state index is 14.0. The van der Waals surface area contributed by atoms with E-state index in [0.717, 1.165) is 17.0 Å². The zero-order chi connectivity index (χ0) is 19.8. The average Bonchev–Trinajstić information content (AvgIpc) is 3.05. The average molecular weight is 383 g/mol. The first-order chi connectivity index (χ1) is 13.5. The number of piperazine rings is 1. The number of nitrogens with zero attached hydrogens (tertiary/aromatic N) is 2. The minimum atomic E-state index is -0.902. The number of hydrogen-bond donors (Lipinski definition) is 1. The van der Waals surface area contributed by atoms with Crippen molar-refractivity contribution in [1.82, 2.24) is 9.88 Å². The number of amides is 1. The first-order valence-corrected chi connectivity index (χ1v) is 9.07. The van der Waals surface area contributed by atoms with Crippen LogP contribution in [-0.2, 0) is 4.79 Å². The number of rotatable bonds is 3. The molecule has 1 saturated heterocycles. The van der Waals surface area contributed by atoms with Crippen molar-refractivity contribution in [1.29, 1.82) is 0 Å². The van der Waals surface area contributed by atoms with Crippen molar-refractivity contribution in [2.24, 2.45) is 0 Å². The molecule has 0 atom stereocenters. The van der Waals surface area contributed by atoms with Crippen LogP contribution in [0.3, 0.4) is 0 Å². The molecule has 7 heteroatoms. The monoisotopic (exact) mass is 383 g/mol. The lowest BCUT2D eigenvalue weighted by Gasteiger charge is -2.35. The van der Waals surface area contributed by atoms with Crippen LogP contribution in [-0.4, -0.2) is 47.8 Å². The number of ketones is 1. The summed E-state index contributed by atoms with van der Waals surface area (Å²) in [6, 6.07) is 11.4. The van der Waals surface area contributed by atoms with Gasteiger partial charge in [-0.25, -0.2) is 8.78 Å². The summed E-state index contributed by atoms with van der Waals surface area (Å²) in [5, 5.41) is 0.721. The molecule has 0 radical (unpaired) electrons. The Morgan fingerprint density at radius 2 is 1.68 bits per heavy atom. The highest BCUT2D eigenvalue weighted by molar-refractivity contribution is 6.45. The second-order valence-corrected chi connectivity index (χ2v) is 6.85. The van der Waals surface area contributed by atoms with Gasteiger partial charge in [0.25, 0.3) is 11.7 Å². The summed E-state index contributed by atoms with van der Waals surface area (Å²) < 4.78 is 27.4. The summed E-state index contributed by atoms with van der Waals surface area (Å²) in [5.41, 5.74) is 2.02. The highest BCUT2D eigenvalue weighted by Gasteiger charge is 2.30. The van der Waals surface area contributed by atoms with Crippen molar-refractivity contribution in [3.63, 3.8) is 0 Å². The second-order valence-electron chi connectivity index (χ2n) is 6.85. The van der Waals surface area contributed by atoms with Gasteiger partial charge >= 0.3 is 0 Å². The van der Waals surface area contributed by atoms with Crippen LogP contribution < -0.4 is 4.90 Å². The third kappa shape index (κ3) is 3.02. The fourth-order valence-electron chi connectivity index (χ4n) is 3.71. The molecule has 1 aliphatic rings. The number of fused-ring (bicyclic) bond motifs is 1. The number of benzene rings is 2. The van der Waals surface area contributed by atoms with Crippen LogP contribution in [0.25, 0.3) is 10.9 Å². The molecular weight excluding hydrogens is 364 g/mol. The first kappa shape index (κ1) is 18.2. The van der Waals surface area contributed by atoms with E-state index in [2.05, 4.69) is 4.98 Å². The van der Waals surface area contributed by atoms with Gasteiger partial charge in [0.1, 0.15) is 0 Å². The van der Waals surface area contributed by atoms with Crippen LogP contribution in [0, 0.1) is 18.6 Å². The number of aryl methyl sites for hydroxylation is 1. The molecule has 1 fully saturated rings. The van der Waals surface area contributed by atoms with Crippen LogP contribution in [0.1, 0.15) is 16.1 Å². The van der Waals surface area contributed by atoms with Gasteiger partial charge < -0.3 is 14.8 Å². The van der Waals surface area contributed by atoms with Crippen LogP contribution in [0.5, 0.6) is 0 Å². The van der Waals surface area contributed by atoms with E-state index >= 15 is 0 Å². The maximum atomic E-state index is 14.0. The van der Waals surface area contributed by atoms with E-state index in [1.54, 1.807) is 11.8 Å². The van der Waals surface area contributed by atoms with Crippen LogP contribution >= 0.6 is 0 Å². The molecule has 0 bridgehead atoms. The molecule has 3 aromatic rings. The van der Waals surface area contributed by atoms with Crippen molar-refractivity contribution < 1.29 is 18.4 Å². The number of halogens is 2. The summed E-state index contributed by atoms with van der Waals surface area (Å²) in [4.78, 5) is 31.9. The van der Waals surface area contributed by atoms with E-state index in [-0.39, 0.29) is 18.8 Å². The smallest absolute Gasteiger partial charge is 0.295 e. The molecule has 1 N–H and O–H groups in total. The molecule has 0 unspecified atom stereocenters. The Balaban J connectivity index is 1.50. The number of para-hydroxylation sites is 1. The molecule has 0 saturated carbocycles.